The summed E-state index contributed by atoms with van der Waals surface area (Å²) >= 11 is 0. The number of nitrogens with one attached hydrogen (secondary N) is 2. The highest BCUT2D eigenvalue weighted by atomic mass is 32.2. The number of rotatable bonds is 7. The van der Waals surface area contributed by atoms with E-state index in [0.29, 0.717) is 5.56 Å². The van der Waals surface area contributed by atoms with Crippen LogP contribution in [0.2, 0.25) is 0 Å². The van der Waals surface area contributed by atoms with Crippen LogP contribution < -0.4 is 15.0 Å². The first-order chi connectivity index (χ1) is 12.2. The summed E-state index contributed by atoms with van der Waals surface area (Å²) in [5.41, 5.74) is 2.37. The van der Waals surface area contributed by atoms with Gasteiger partial charge in [0.2, 0.25) is 0 Å². The van der Waals surface area contributed by atoms with Gasteiger partial charge in [-0.1, -0.05) is 24.3 Å². The Hall–Kier alpha value is -2.78. The smallest absolute Gasteiger partial charge is 0.275 e. The molecule has 1 amide bonds. The van der Waals surface area contributed by atoms with Crippen LogP contribution in [0.4, 0.5) is 4.39 Å². The summed E-state index contributed by atoms with van der Waals surface area (Å²) in [6, 6.07) is 10.7. The Morgan fingerprint density at radius 1 is 1.08 bits per heavy atom. The Morgan fingerprint density at radius 3 is 2.27 bits per heavy atom. The number of ether oxygens (including phenoxy) is 1. The largest absolute Gasteiger partial charge is 0.478 e. The summed E-state index contributed by atoms with van der Waals surface area (Å²) < 4.78 is 43.0. The zero-order chi connectivity index (χ0) is 19.3. The molecule has 0 unspecified atom stereocenters. The highest BCUT2D eigenvalue weighted by molar-refractivity contribution is 7.89. The van der Waals surface area contributed by atoms with Gasteiger partial charge in [-0.15, -0.1) is 4.83 Å². The number of para-hydroxylation sites is 1. The molecule has 0 saturated heterocycles. The Kier molecular flexibility index (Phi) is 6.06. The fourth-order valence-corrected chi connectivity index (χ4v) is 2.78. The molecule has 7 nitrogen and oxygen atoms in total. The van der Waals surface area contributed by atoms with E-state index in [0.717, 1.165) is 0 Å². The third kappa shape index (κ3) is 4.87. The van der Waals surface area contributed by atoms with Gasteiger partial charge in [0.05, 0.1) is 4.90 Å². The van der Waals surface area contributed by atoms with E-state index in [1.807, 2.05) is 10.3 Å². The van der Waals surface area contributed by atoms with Crippen molar-refractivity contribution in [3.8, 4) is 5.75 Å². The van der Waals surface area contributed by atoms with Crippen molar-refractivity contribution in [3.05, 3.63) is 59.9 Å². The normalized spacial score (nSPS) is 12.3. The van der Waals surface area contributed by atoms with Crippen molar-refractivity contribution >= 4 is 21.7 Å². The molecular weight excluding hydrogens is 363 g/mol. The zero-order valence-electron chi connectivity index (χ0n) is 14.0. The summed E-state index contributed by atoms with van der Waals surface area (Å²) in [6.45, 7) is 2.71. The second-order valence-corrected chi connectivity index (χ2v) is 7.05. The van der Waals surface area contributed by atoms with Crippen LogP contribution in [0.3, 0.4) is 0 Å². The second kappa shape index (κ2) is 8.07. The number of halogens is 1. The maximum absolute atomic E-state index is 13.5. The van der Waals surface area contributed by atoms with Gasteiger partial charge in [-0.2, -0.15) is 0 Å². The molecule has 0 aromatic heterocycles. The standard InChI is InChI=1S/C17H17FN2O5S/c1-11(21)13-7-9-14(10-8-13)26(23,24)20-19-17(22)12(2)25-16-6-4-3-5-15(16)18/h3-10,12,20H,1-2H3,(H,19,22)/t12-/m1/s1. The highest BCUT2D eigenvalue weighted by Gasteiger charge is 2.20. The van der Waals surface area contributed by atoms with Crippen molar-refractivity contribution in [2.45, 2.75) is 24.8 Å². The predicted molar refractivity (Wildman–Crippen MR) is 91.4 cm³/mol. The van der Waals surface area contributed by atoms with Gasteiger partial charge in [-0.3, -0.25) is 15.0 Å². The summed E-state index contributed by atoms with van der Waals surface area (Å²) in [4.78, 5) is 24.9. The SMILES string of the molecule is CC(=O)c1ccc(S(=O)(=O)NNC(=O)[C@@H](C)Oc2ccccc2F)cc1. The maximum Gasteiger partial charge on any atom is 0.275 e. The third-order valence-corrected chi connectivity index (χ3v) is 4.65. The van der Waals surface area contributed by atoms with E-state index >= 15 is 0 Å². The first-order valence-electron chi connectivity index (χ1n) is 7.54. The van der Waals surface area contributed by atoms with E-state index in [4.69, 9.17) is 4.74 Å². The summed E-state index contributed by atoms with van der Waals surface area (Å²) in [7, 11) is -4.04. The molecule has 2 rings (SSSR count). The molecule has 0 aliphatic carbocycles. The van der Waals surface area contributed by atoms with Crippen molar-refractivity contribution in [3.63, 3.8) is 0 Å². The predicted octanol–water partition coefficient (Wildman–Crippen LogP) is 1.81. The highest BCUT2D eigenvalue weighted by Crippen LogP contribution is 2.17. The molecule has 138 valence electrons. The van der Waals surface area contributed by atoms with E-state index in [1.165, 1.54) is 62.4 Å². The number of carbonyl (C=O) groups is 2. The lowest BCUT2D eigenvalue weighted by molar-refractivity contribution is -0.127. The van der Waals surface area contributed by atoms with Crippen molar-refractivity contribution in [2.24, 2.45) is 0 Å². The lowest BCUT2D eigenvalue weighted by atomic mass is 10.2. The summed E-state index contributed by atoms with van der Waals surface area (Å²) in [6.07, 6.45) is -1.14. The minimum atomic E-state index is -4.04. The molecule has 9 heteroatoms. The summed E-state index contributed by atoms with van der Waals surface area (Å²) in [5, 5.41) is 0. The molecule has 0 saturated carbocycles. The lowest BCUT2D eigenvalue weighted by Crippen LogP contribution is -2.47. The molecule has 0 aliphatic rings. The van der Waals surface area contributed by atoms with E-state index < -0.39 is 27.9 Å². The molecule has 0 spiro atoms. The number of benzene rings is 2. The first kappa shape index (κ1) is 19.5. The second-order valence-electron chi connectivity index (χ2n) is 5.37. The number of hydrazine groups is 1. The lowest BCUT2D eigenvalue weighted by Gasteiger charge is -2.15. The van der Waals surface area contributed by atoms with E-state index in [-0.39, 0.29) is 16.4 Å². The van der Waals surface area contributed by atoms with Crippen molar-refractivity contribution in [1.29, 1.82) is 0 Å². The van der Waals surface area contributed by atoms with Crippen LogP contribution in [0.25, 0.3) is 0 Å². The average Bonchev–Trinajstić information content (AvgIpc) is 2.61. The van der Waals surface area contributed by atoms with Crippen LogP contribution in [0, 0.1) is 5.82 Å². The molecule has 0 radical (unpaired) electrons. The quantitative estimate of drug-likeness (QED) is 0.563. The van der Waals surface area contributed by atoms with Crippen molar-refractivity contribution in [1.82, 2.24) is 10.3 Å². The fraction of sp³-hybridized carbons (Fsp3) is 0.176. The van der Waals surface area contributed by atoms with Gasteiger partial charge in [-0.05, 0) is 38.1 Å². The number of Topliss-reactive ketones (excluding diaryl/α,β-unsaturated/α-hetero) is 1. The molecule has 1 atom stereocenters. The third-order valence-electron chi connectivity index (χ3n) is 3.39. The van der Waals surface area contributed by atoms with E-state index in [9.17, 15) is 22.4 Å². The topological polar surface area (TPSA) is 102 Å². The van der Waals surface area contributed by atoms with Crippen LogP contribution >= 0.6 is 0 Å². The van der Waals surface area contributed by atoms with Crippen molar-refractivity contribution in [2.75, 3.05) is 0 Å². The first-order valence-corrected chi connectivity index (χ1v) is 9.03. The minimum Gasteiger partial charge on any atom is -0.478 e. The van der Waals surface area contributed by atoms with Gasteiger partial charge in [0.15, 0.2) is 23.5 Å². The monoisotopic (exact) mass is 380 g/mol. The van der Waals surface area contributed by atoms with Gasteiger partial charge in [0.25, 0.3) is 15.9 Å². The van der Waals surface area contributed by atoms with Gasteiger partial charge in [-0.25, -0.2) is 12.8 Å². The molecule has 2 aromatic carbocycles. The molecule has 0 bridgehead atoms. The number of hydrogen-bond acceptors (Lipinski definition) is 5. The molecule has 0 fully saturated rings. The Balaban J connectivity index is 1.98. The van der Waals surface area contributed by atoms with Crippen LogP contribution in [0.1, 0.15) is 24.2 Å². The zero-order valence-corrected chi connectivity index (χ0v) is 14.8. The molecule has 2 N–H and O–H groups in total. The van der Waals surface area contributed by atoms with Crippen LogP contribution in [0.15, 0.2) is 53.4 Å². The minimum absolute atomic E-state index is 0.127. The Labute approximate surface area is 150 Å². The fourth-order valence-electron chi connectivity index (χ4n) is 1.93. The number of hydrogen-bond donors (Lipinski definition) is 2. The molecule has 0 aliphatic heterocycles. The summed E-state index contributed by atoms with van der Waals surface area (Å²) in [5.74, 6) is -1.78. The average molecular weight is 380 g/mol. The van der Waals surface area contributed by atoms with Crippen LogP contribution in [-0.2, 0) is 14.8 Å². The van der Waals surface area contributed by atoms with Crippen LogP contribution in [0.5, 0.6) is 5.75 Å². The maximum atomic E-state index is 13.5. The van der Waals surface area contributed by atoms with Crippen molar-refractivity contribution < 1.29 is 27.1 Å². The number of ketones is 1. The molecule has 0 heterocycles. The van der Waals surface area contributed by atoms with Gasteiger partial charge in [0.1, 0.15) is 0 Å². The van der Waals surface area contributed by atoms with E-state index in [1.54, 1.807) is 0 Å². The van der Waals surface area contributed by atoms with Gasteiger partial charge < -0.3 is 4.74 Å². The Morgan fingerprint density at radius 2 is 1.69 bits per heavy atom. The number of amides is 1. The van der Waals surface area contributed by atoms with E-state index in [2.05, 4.69) is 0 Å². The van der Waals surface area contributed by atoms with Gasteiger partial charge >= 0.3 is 0 Å². The number of carbonyl (C=O) groups excluding carboxylic acids is 2. The van der Waals surface area contributed by atoms with Gasteiger partial charge in [0, 0.05) is 5.56 Å². The number of sulfonamides is 1. The Bertz CT molecular complexity index is 913. The molecular formula is C17H17FN2O5S. The molecule has 2 aromatic rings. The van der Waals surface area contributed by atoms with Crippen LogP contribution in [-0.4, -0.2) is 26.2 Å². The molecule has 26 heavy (non-hydrogen) atoms.